The zero-order chi connectivity index (χ0) is 16.4. The van der Waals surface area contributed by atoms with Crippen LogP contribution in [0.25, 0.3) is 10.9 Å². The van der Waals surface area contributed by atoms with Crippen LogP contribution in [0.3, 0.4) is 0 Å². The number of hydrogen-bond acceptors (Lipinski definition) is 5. The molecule has 0 bridgehead atoms. The first-order chi connectivity index (χ1) is 11.1. The third-order valence-electron chi connectivity index (χ3n) is 3.64. The van der Waals surface area contributed by atoms with Crippen molar-refractivity contribution in [3.8, 4) is 5.75 Å². The lowest BCUT2D eigenvalue weighted by atomic mass is 10.2. The van der Waals surface area contributed by atoms with Gasteiger partial charge in [0.15, 0.2) is 0 Å². The molecule has 3 rings (SSSR count). The van der Waals surface area contributed by atoms with Crippen LogP contribution in [0.1, 0.15) is 5.82 Å². The summed E-state index contributed by atoms with van der Waals surface area (Å²) in [4.78, 5) is 11.1. The van der Waals surface area contributed by atoms with Crippen LogP contribution in [0.2, 0.25) is 0 Å². The lowest BCUT2D eigenvalue weighted by Crippen LogP contribution is -2.14. The van der Waals surface area contributed by atoms with Gasteiger partial charge in [-0.2, -0.15) is 0 Å². The SMILES string of the molecule is COc1ccc(N(C)c2nc(CN)nc3ccc(Br)cc23)cc1. The molecular formula is C17H17BrN4O. The van der Waals surface area contributed by atoms with E-state index in [9.17, 15) is 0 Å². The maximum absolute atomic E-state index is 5.75. The highest BCUT2D eigenvalue weighted by atomic mass is 79.9. The number of aromatic nitrogens is 2. The molecule has 3 aromatic rings. The molecule has 1 heterocycles. The number of benzene rings is 2. The Bertz CT molecular complexity index is 836. The number of methoxy groups -OCH3 is 1. The van der Waals surface area contributed by atoms with Crippen molar-refractivity contribution in [3.05, 3.63) is 52.8 Å². The second-order valence-corrected chi connectivity index (χ2v) is 6.00. The Labute approximate surface area is 143 Å². The fourth-order valence-electron chi connectivity index (χ4n) is 2.41. The van der Waals surface area contributed by atoms with E-state index in [-0.39, 0.29) is 0 Å². The van der Waals surface area contributed by atoms with Gasteiger partial charge in [-0.1, -0.05) is 15.9 Å². The van der Waals surface area contributed by atoms with E-state index in [2.05, 4.69) is 25.9 Å². The summed E-state index contributed by atoms with van der Waals surface area (Å²) in [5.41, 5.74) is 7.63. The van der Waals surface area contributed by atoms with E-state index in [4.69, 9.17) is 10.5 Å². The number of halogens is 1. The van der Waals surface area contributed by atoms with Crippen molar-refractivity contribution in [2.75, 3.05) is 19.1 Å². The molecule has 118 valence electrons. The van der Waals surface area contributed by atoms with Gasteiger partial charge in [-0.05, 0) is 42.5 Å². The largest absolute Gasteiger partial charge is 0.497 e. The maximum atomic E-state index is 5.75. The van der Waals surface area contributed by atoms with Gasteiger partial charge < -0.3 is 15.4 Å². The van der Waals surface area contributed by atoms with Crippen LogP contribution in [-0.4, -0.2) is 24.1 Å². The summed E-state index contributed by atoms with van der Waals surface area (Å²) in [6, 6.07) is 13.8. The van der Waals surface area contributed by atoms with Crippen molar-refractivity contribution in [2.45, 2.75) is 6.54 Å². The highest BCUT2D eigenvalue weighted by Crippen LogP contribution is 2.31. The molecule has 0 spiro atoms. The van der Waals surface area contributed by atoms with Gasteiger partial charge in [-0.15, -0.1) is 0 Å². The average Bonchev–Trinajstić information content (AvgIpc) is 2.60. The molecule has 0 unspecified atom stereocenters. The van der Waals surface area contributed by atoms with Crippen molar-refractivity contribution >= 4 is 38.3 Å². The van der Waals surface area contributed by atoms with Crippen molar-refractivity contribution < 1.29 is 4.74 Å². The standard InChI is InChI=1S/C17H17BrN4O/c1-22(12-4-6-13(23-2)7-5-12)17-14-9-11(18)3-8-15(14)20-16(10-19)21-17/h3-9H,10,19H2,1-2H3. The molecule has 2 N–H and O–H groups in total. The predicted octanol–water partition coefficient (Wildman–Crippen LogP) is 3.63. The molecule has 23 heavy (non-hydrogen) atoms. The zero-order valence-corrected chi connectivity index (χ0v) is 14.5. The molecule has 0 saturated heterocycles. The van der Waals surface area contributed by atoms with Gasteiger partial charge >= 0.3 is 0 Å². The smallest absolute Gasteiger partial charge is 0.144 e. The number of rotatable bonds is 4. The van der Waals surface area contributed by atoms with Crippen molar-refractivity contribution in [1.29, 1.82) is 0 Å². The second-order valence-electron chi connectivity index (χ2n) is 5.09. The van der Waals surface area contributed by atoms with E-state index >= 15 is 0 Å². The molecule has 0 aliphatic rings. The van der Waals surface area contributed by atoms with Crippen molar-refractivity contribution in [1.82, 2.24) is 9.97 Å². The van der Waals surface area contributed by atoms with E-state index in [1.165, 1.54) is 0 Å². The molecule has 1 aromatic heterocycles. The fourth-order valence-corrected chi connectivity index (χ4v) is 2.77. The van der Waals surface area contributed by atoms with Gasteiger partial charge in [0.1, 0.15) is 17.4 Å². The molecule has 0 aliphatic carbocycles. The summed E-state index contributed by atoms with van der Waals surface area (Å²) in [5.74, 6) is 2.26. The minimum absolute atomic E-state index is 0.301. The molecule has 6 heteroatoms. The number of nitrogens with zero attached hydrogens (tertiary/aromatic N) is 3. The summed E-state index contributed by atoms with van der Waals surface area (Å²) in [6.45, 7) is 0.301. The van der Waals surface area contributed by atoms with E-state index < -0.39 is 0 Å². The summed E-state index contributed by atoms with van der Waals surface area (Å²) in [6.07, 6.45) is 0. The second kappa shape index (κ2) is 6.52. The number of hydrogen-bond donors (Lipinski definition) is 1. The van der Waals surface area contributed by atoms with Crippen LogP contribution in [0.15, 0.2) is 46.9 Å². The topological polar surface area (TPSA) is 64.3 Å². The normalized spacial score (nSPS) is 10.8. The Balaban J connectivity index is 2.14. The van der Waals surface area contributed by atoms with E-state index in [0.717, 1.165) is 32.6 Å². The Morgan fingerprint density at radius 1 is 1.13 bits per heavy atom. The lowest BCUT2D eigenvalue weighted by molar-refractivity contribution is 0.415. The van der Waals surface area contributed by atoms with Crippen LogP contribution in [-0.2, 0) is 6.54 Å². The van der Waals surface area contributed by atoms with E-state index in [0.29, 0.717) is 12.4 Å². The fraction of sp³-hybridized carbons (Fsp3) is 0.176. The molecule has 0 aliphatic heterocycles. The van der Waals surface area contributed by atoms with Crippen LogP contribution >= 0.6 is 15.9 Å². The van der Waals surface area contributed by atoms with Crippen LogP contribution in [0, 0.1) is 0 Å². The predicted molar refractivity (Wildman–Crippen MR) is 96.2 cm³/mol. The van der Waals surface area contributed by atoms with Gasteiger partial charge in [0.2, 0.25) is 0 Å². The van der Waals surface area contributed by atoms with Gasteiger partial charge in [-0.3, -0.25) is 0 Å². The summed E-state index contributed by atoms with van der Waals surface area (Å²) >= 11 is 3.51. The van der Waals surface area contributed by atoms with Gasteiger partial charge in [0, 0.05) is 22.6 Å². The summed E-state index contributed by atoms with van der Waals surface area (Å²) in [5, 5.41) is 0.967. The summed E-state index contributed by atoms with van der Waals surface area (Å²) in [7, 11) is 3.63. The molecule has 0 saturated carbocycles. The highest BCUT2D eigenvalue weighted by molar-refractivity contribution is 9.10. The minimum atomic E-state index is 0.301. The quantitative estimate of drug-likeness (QED) is 0.757. The molecule has 2 aromatic carbocycles. The first-order valence-corrected chi connectivity index (χ1v) is 7.95. The van der Waals surface area contributed by atoms with Gasteiger partial charge in [0.25, 0.3) is 0 Å². The average molecular weight is 373 g/mol. The maximum Gasteiger partial charge on any atom is 0.144 e. The van der Waals surface area contributed by atoms with Crippen molar-refractivity contribution in [3.63, 3.8) is 0 Å². The van der Waals surface area contributed by atoms with Gasteiger partial charge in [0.05, 0.1) is 19.2 Å². The Morgan fingerprint density at radius 2 is 1.87 bits per heavy atom. The first-order valence-electron chi connectivity index (χ1n) is 7.16. The Morgan fingerprint density at radius 3 is 2.52 bits per heavy atom. The summed E-state index contributed by atoms with van der Waals surface area (Å²) < 4.78 is 6.19. The first kappa shape index (κ1) is 15.7. The zero-order valence-electron chi connectivity index (χ0n) is 13.0. The number of nitrogens with two attached hydrogens (primary N) is 1. The number of anilines is 2. The minimum Gasteiger partial charge on any atom is -0.497 e. The third kappa shape index (κ3) is 3.13. The van der Waals surface area contributed by atoms with E-state index in [1.54, 1.807) is 7.11 Å². The number of ether oxygens (including phenoxy) is 1. The Kier molecular flexibility index (Phi) is 4.45. The monoisotopic (exact) mass is 372 g/mol. The highest BCUT2D eigenvalue weighted by Gasteiger charge is 2.13. The third-order valence-corrected chi connectivity index (χ3v) is 4.14. The molecular weight excluding hydrogens is 356 g/mol. The lowest BCUT2D eigenvalue weighted by Gasteiger charge is -2.21. The number of fused-ring (bicyclic) bond motifs is 1. The molecule has 0 amide bonds. The molecule has 0 radical (unpaired) electrons. The van der Waals surface area contributed by atoms with E-state index in [1.807, 2.05) is 54.4 Å². The molecule has 5 nitrogen and oxygen atoms in total. The molecule has 0 fully saturated rings. The van der Waals surface area contributed by atoms with Crippen LogP contribution in [0.4, 0.5) is 11.5 Å². The van der Waals surface area contributed by atoms with Gasteiger partial charge in [-0.25, -0.2) is 9.97 Å². The molecule has 0 atom stereocenters. The van der Waals surface area contributed by atoms with Crippen molar-refractivity contribution in [2.24, 2.45) is 5.73 Å². The van der Waals surface area contributed by atoms with Crippen LogP contribution < -0.4 is 15.4 Å². The van der Waals surface area contributed by atoms with Crippen LogP contribution in [0.5, 0.6) is 5.75 Å². The Hall–Kier alpha value is -2.18.